The summed E-state index contributed by atoms with van der Waals surface area (Å²) in [6.45, 7) is 3.69. The number of hydrogen-bond donors (Lipinski definition) is 0. The second-order valence-electron chi connectivity index (χ2n) is 2.17. The first-order chi connectivity index (χ1) is 3.92. The average molecular weight is 146 g/mol. The van der Waals surface area contributed by atoms with Crippen LogP contribution in [0.3, 0.4) is 0 Å². The maximum absolute atomic E-state index is 10.4. The summed E-state index contributed by atoms with van der Waals surface area (Å²) in [7, 11) is -3.08. The highest BCUT2D eigenvalue weighted by Crippen LogP contribution is 1.87. The highest BCUT2D eigenvalue weighted by Gasteiger charge is 1.91. The van der Waals surface area contributed by atoms with Crippen molar-refractivity contribution in [2.45, 2.75) is 13.8 Å². The Morgan fingerprint density at radius 2 is 1.78 bits per heavy atom. The zero-order chi connectivity index (χ0) is 7.49. The van der Waals surface area contributed by atoms with Crippen molar-refractivity contribution in [1.82, 2.24) is 0 Å². The highest BCUT2D eigenvalue weighted by molar-refractivity contribution is 7.95. The smallest absolute Gasteiger partial charge is 0.213 e. The van der Waals surface area contributed by atoms with E-state index in [-0.39, 0.29) is 5.92 Å². The molecule has 0 saturated carbocycles. The van der Waals surface area contributed by atoms with Crippen LogP contribution in [-0.4, -0.2) is 14.7 Å². The van der Waals surface area contributed by atoms with Crippen LogP contribution >= 0.6 is 0 Å². The summed E-state index contributed by atoms with van der Waals surface area (Å²) >= 11 is 0. The summed E-state index contributed by atoms with van der Waals surface area (Å²) in [6, 6.07) is 0. The molecule has 0 aliphatic heterocycles. The van der Waals surface area contributed by atoms with Gasteiger partial charge in [0.05, 0.1) is 6.26 Å². The first-order valence-electron chi connectivity index (χ1n) is 2.64. The Hall–Kier alpha value is -0.490. The van der Waals surface area contributed by atoms with Crippen LogP contribution in [-0.2, 0) is 9.84 Å². The van der Waals surface area contributed by atoms with Crippen LogP contribution in [0.15, 0.2) is 0 Å². The fourth-order valence-electron chi connectivity index (χ4n) is 0.225. The topological polar surface area (TPSA) is 34.1 Å². The monoisotopic (exact) mass is 146 g/mol. The summed E-state index contributed by atoms with van der Waals surface area (Å²) in [4.78, 5) is 0. The van der Waals surface area contributed by atoms with E-state index in [1.54, 1.807) is 0 Å². The minimum absolute atomic E-state index is 0.125. The Labute approximate surface area is 56.2 Å². The van der Waals surface area contributed by atoms with Crippen molar-refractivity contribution in [2.24, 2.45) is 5.92 Å². The fourth-order valence-corrected chi connectivity index (χ4v) is 0.675. The predicted molar refractivity (Wildman–Crippen MR) is 37.5 cm³/mol. The Morgan fingerprint density at radius 3 is 1.89 bits per heavy atom. The van der Waals surface area contributed by atoms with Crippen LogP contribution in [0.2, 0.25) is 0 Å². The van der Waals surface area contributed by atoms with E-state index in [1.807, 2.05) is 13.8 Å². The zero-order valence-electron chi connectivity index (χ0n) is 5.80. The summed E-state index contributed by atoms with van der Waals surface area (Å²) in [6.07, 6.45) is 1.10. The van der Waals surface area contributed by atoms with Crippen molar-refractivity contribution in [3.8, 4) is 11.2 Å². The quantitative estimate of drug-likeness (QED) is 0.371. The summed E-state index contributed by atoms with van der Waals surface area (Å²) in [5.74, 6) is 2.67. The SMILES string of the molecule is CC(C)C#CS(C)(=O)=O. The Balaban J connectivity index is 4.23. The largest absolute Gasteiger partial charge is 0.216 e. The van der Waals surface area contributed by atoms with E-state index in [1.165, 1.54) is 0 Å². The molecule has 0 unspecified atom stereocenters. The molecule has 2 nitrogen and oxygen atoms in total. The fraction of sp³-hybridized carbons (Fsp3) is 0.667. The second-order valence-corrected chi connectivity index (χ2v) is 3.92. The minimum atomic E-state index is -3.08. The summed E-state index contributed by atoms with van der Waals surface area (Å²) in [5, 5.41) is 2.14. The van der Waals surface area contributed by atoms with Crippen molar-refractivity contribution in [1.29, 1.82) is 0 Å². The molecule has 0 aliphatic rings. The van der Waals surface area contributed by atoms with Gasteiger partial charge in [-0.05, 0) is 0 Å². The number of hydrogen-bond acceptors (Lipinski definition) is 2. The van der Waals surface area contributed by atoms with Crippen molar-refractivity contribution in [2.75, 3.05) is 6.26 Å². The van der Waals surface area contributed by atoms with Gasteiger partial charge in [-0.25, -0.2) is 8.42 Å². The van der Waals surface area contributed by atoms with E-state index >= 15 is 0 Å². The van der Waals surface area contributed by atoms with Gasteiger partial charge in [0.2, 0.25) is 9.84 Å². The third kappa shape index (κ3) is 7.51. The van der Waals surface area contributed by atoms with Crippen molar-refractivity contribution < 1.29 is 8.42 Å². The van der Waals surface area contributed by atoms with E-state index in [9.17, 15) is 8.42 Å². The first-order valence-corrected chi connectivity index (χ1v) is 4.53. The molecule has 0 aliphatic carbocycles. The Bertz CT molecular complexity index is 226. The molecule has 0 bridgehead atoms. The lowest BCUT2D eigenvalue weighted by Crippen LogP contribution is -1.90. The van der Waals surface area contributed by atoms with Crippen LogP contribution in [0, 0.1) is 17.1 Å². The molecular formula is C6H10O2S. The summed E-state index contributed by atoms with van der Waals surface area (Å²) < 4.78 is 20.7. The molecule has 52 valence electrons. The normalized spacial score (nSPS) is 10.7. The Kier molecular flexibility index (Phi) is 2.72. The lowest BCUT2D eigenvalue weighted by molar-refractivity contribution is 0.611. The van der Waals surface area contributed by atoms with Gasteiger partial charge in [-0.1, -0.05) is 19.8 Å². The molecule has 0 radical (unpaired) electrons. The first kappa shape index (κ1) is 8.51. The van der Waals surface area contributed by atoms with Gasteiger partial charge in [-0.15, -0.1) is 0 Å². The van der Waals surface area contributed by atoms with Crippen LogP contribution < -0.4 is 0 Å². The van der Waals surface area contributed by atoms with Gasteiger partial charge < -0.3 is 0 Å². The van der Waals surface area contributed by atoms with Gasteiger partial charge >= 0.3 is 0 Å². The molecule has 0 N–H and O–H groups in total. The van der Waals surface area contributed by atoms with E-state index in [0.29, 0.717) is 0 Å². The molecular weight excluding hydrogens is 136 g/mol. The van der Waals surface area contributed by atoms with Gasteiger partial charge in [-0.3, -0.25) is 0 Å². The number of sulfone groups is 1. The lowest BCUT2D eigenvalue weighted by atomic mass is 10.2. The molecule has 0 aromatic heterocycles. The van der Waals surface area contributed by atoms with Crippen molar-refractivity contribution in [3.05, 3.63) is 0 Å². The van der Waals surface area contributed by atoms with Crippen LogP contribution in [0.4, 0.5) is 0 Å². The molecule has 0 heterocycles. The summed E-state index contributed by atoms with van der Waals surface area (Å²) in [5.41, 5.74) is 0. The average Bonchev–Trinajstić information content (AvgIpc) is 1.59. The third-order valence-electron chi connectivity index (χ3n) is 0.533. The van der Waals surface area contributed by atoms with E-state index in [0.717, 1.165) is 6.26 Å². The van der Waals surface area contributed by atoms with Crippen LogP contribution in [0.25, 0.3) is 0 Å². The Morgan fingerprint density at radius 1 is 1.33 bits per heavy atom. The highest BCUT2D eigenvalue weighted by atomic mass is 32.2. The van der Waals surface area contributed by atoms with E-state index in [4.69, 9.17) is 0 Å². The maximum Gasteiger partial charge on any atom is 0.213 e. The van der Waals surface area contributed by atoms with E-state index in [2.05, 4.69) is 11.2 Å². The molecule has 0 saturated heterocycles. The molecule has 0 aromatic carbocycles. The van der Waals surface area contributed by atoms with Gasteiger partial charge in [0.1, 0.15) is 0 Å². The minimum Gasteiger partial charge on any atom is -0.216 e. The molecule has 9 heavy (non-hydrogen) atoms. The molecule has 0 fully saturated rings. The number of rotatable bonds is 0. The predicted octanol–water partition coefficient (Wildman–Crippen LogP) is 0.648. The van der Waals surface area contributed by atoms with Gasteiger partial charge in [-0.2, -0.15) is 0 Å². The standard InChI is InChI=1S/C6H10O2S/c1-6(2)4-5-9(3,7)8/h6H,1-3H3. The van der Waals surface area contributed by atoms with Gasteiger partial charge in [0.25, 0.3) is 0 Å². The molecule has 0 aromatic rings. The van der Waals surface area contributed by atoms with Gasteiger partial charge in [0, 0.05) is 11.2 Å². The lowest BCUT2D eigenvalue weighted by Gasteiger charge is -1.85. The van der Waals surface area contributed by atoms with E-state index < -0.39 is 9.84 Å². The van der Waals surface area contributed by atoms with Crippen LogP contribution in [0.5, 0.6) is 0 Å². The molecule has 0 spiro atoms. The van der Waals surface area contributed by atoms with Gasteiger partial charge in [0.15, 0.2) is 0 Å². The second kappa shape index (κ2) is 2.88. The molecule has 0 rings (SSSR count). The maximum atomic E-state index is 10.4. The third-order valence-corrected chi connectivity index (χ3v) is 1.02. The zero-order valence-corrected chi connectivity index (χ0v) is 6.62. The molecule has 0 amide bonds. The van der Waals surface area contributed by atoms with Crippen LogP contribution in [0.1, 0.15) is 13.8 Å². The molecule has 3 heteroatoms. The van der Waals surface area contributed by atoms with Crippen molar-refractivity contribution in [3.63, 3.8) is 0 Å². The van der Waals surface area contributed by atoms with Crippen molar-refractivity contribution >= 4 is 9.84 Å². The molecule has 0 atom stereocenters.